The summed E-state index contributed by atoms with van der Waals surface area (Å²) in [5.41, 5.74) is 0.711. The third kappa shape index (κ3) is 4.92. The van der Waals surface area contributed by atoms with Crippen LogP contribution in [-0.2, 0) is 14.3 Å². The molecule has 4 nitrogen and oxygen atoms in total. The number of cyclic esters (lactones) is 1. The van der Waals surface area contributed by atoms with E-state index >= 15 is 0 Å². The molecule has 0 radical (unpaired) electrons. The molecule has 0 aromatic carbocycles. The molecule has 1 rings (SSSR count). The first-order chi connectivity index (χ1) is 11.1. The molecule has 4 heteroatoms. The van der Waals surface area contributed by atoms with Crippen LogP contribution in [0.2, 0.25) is 0 Å². The minimum atomic E-state index is -0.602. The zero-order valence-corrected chi connectivity index (χ0v) is 16.2. The SMILES string of the molecule is CCC(C)C(O)C(C)C(=O)C(C)=CC(C)CC(C)C1OC(=O)C1C. The summed E-state index contributed by atoms with van der Waals surface area (Å²) in [6, 6.07) is 0. The minimum absolute atomic E-state index is 0.00416. The van der Waals surface area contributed by atoms with Crippen molar-refractivity contribution in [3.63, 3.8) is 0 Å². The van der Waals surface area contributed by atoms with Gasteiger partial charge in [0.25, 0.3) is 0 Å². The smallest absolute Gasteiger partial charge is 0.312 e. The van der Waals surface area contributed by atoms with Gasteiger partial charge in [0.05, 0.1) is 12.0 Å². The molecule has 7 unspecified atom stereocenters. The lowest BCUT2D eigenvalue weighted by atomic mass is 9.82. The number of ether oxygens (including phenoxy) is 1. The Morgan fingerprint density at radius 1 is 1.29 bits per heavy atom. The lowest BCUT2D eigenvalue weighted by molar-refractivity contribution is -0.189. The lowest BCUT2D eigenvalue weighted by Crippen LogP contribution is -2.47. The number of Topliss-reactive ketones (excluding diaryl/α,β-unsaturated/α-hetero) is 1. The molecule has 0 amide bonds. The summed E-state index contributed by atoms with van der Waals surface area (Å²) in [5, 5.41) is 10.3. The summed E-state index contributed by atoms with van der Waals surface area (Å²) in [5.74, 6) is 0.111. The molecule has 1 saturated heterocycles. The summed E-state index contributed by atoms with van der Waals surface area (Å²) < 4.78 is 5.22. The van der Waals surface area contributed by atoms with Gasteiger partial charge < -0.3 is 9.84 Å². The maximum Gasteiger partial charge on any atom is 0.312 e. The van der Waals surface area contributed by atoms with Crippen LogP contribution >= 0.6 is 0 Å². The molecule has 0 bridgehead atoms. The second kappa shape index (κ2) is 8.80. The zero-order valence-electron chi connectivity index (χ0n) is 16.2. The van der Waals surface area contributed by atoms with Crippen LogP contribution in [0.3, 0.4) is 0 Å². The van der Waals surface area contributed by atoms with Gasteiger partial charge in [0.2, 0.25) is 0 Å². The van der Waals surface area contributed by atoms with Gasteiger partial charge in [-0.05, 0) is 43.6 Å². The van der Waals surface area contributed by atoms with E-state index in [1.165, 1.54) is 0 Å². The van der Waals surface area contributed by atoms with E-state index in [0.717, 1.165) is 12.8 Å². The molecule has 138 valence electrons. The molecular formula is C20H34O4. The van der Waals surface area contributed by atoms with Crippen molar-refractivity contribution in [3.05, 3.63) is 11.6 Å². The fourth-order valence-electron chi connectivity index (χ4n) is 3.56. The van der Waals surface area contributed by atoms with Crippen molar-refractivity contribution in [1.82, 2.24) is 0 Å². The number of aliphatic hydroxyl groups excluding tert-OH is 1. The molecule has 0 saturated carbocycles. The molecule has 24 heavy (non-hydrogen) atoms. The second-order valence-corrected chi connectivity index (χ2v) is 7.76. The quantitative estimate of drug-likeness (QED) is 0.513. The zero-order chi connectivity index (χ0) is 18.6. The first kappa shape index (κ1) is 20.9. The topological polar surface area (TPSA) is 63.6 Å². The molecule has 0 aliphatic carbocycles. The number of rotatable bonds is 9. The van der Waals surface area contributed by atoms with Gasteiger partial charge in [0.15, 0.2) is 5.78 Å². The summed E-state index contributed by atoms with van der Waals surface area (Å²) >= 11 is 0. The van der Waals surface area contributed by atoms with Crippen molar-refractivity contribution in [1.29, 1.82) is 0 Å². The van der Waals surface area contributed by atoms with Crippen molar-refractivity contribution >= 4 is 11.8 Å². The molecule has 1 aliphatic heterocycles. The van der Waals surface area contributed by atoms with Gasteiger partial charge in [0.1, 0.15) is 6.10 Å². The Hall–Kier alpha value is -1.16. The highest BCUT2D eigenvalue weighted by atomic mass is 16.6. The molecule has 7 atom stereocenters. The Labute approximate surface area is 146 Å². The summed E-state index contributed by atoms with van der Waals surface area (Å²) in [6.07, 6.45) is 3.11. The first-order valence-corrected chi connectivity index (χ1v) is 9.21. The minimum Gasteiger partial charge on any atom is -0.461 e. The number of ketones is 1. The Morgan fingerprint density at radius 2 is 1.88 bits per heavy atom. The molecule has 1 fully saturated rings. The highest BCUT2D eigenvalue weighted by molar-refractivity contribution is 5.96. The Morgan fingerprint density at radius 3 is 2.33 bits per heavy atom. The van der Waals surface area contributed by atoms with Crippen LogP contribution in [-0.4, -0.2) is 29.1 Å². The van der Waals surface area contributed by atoms with Crippen LogP contribution in [0.1, 0.15) is 61.3 Å². The van der Waals surface area contributed by atoms with Crippen LogP contribution in [0.5, 0.6) is 0 Å². The number of carbonyl (C=O) groups excluding carboxylic acids is 2. The summed E-state index contributed by atoms with van der Waals surface area (Å²) in [4.78, 5) is 23.7. The maximum absolute atomic E-state index is 12.5. The molecule has 1 heterocycles. The monoisotopic (exact) mass is 338 g/mol. The lowest BCUT2D eigenvalue weighted by Gasteiger charge is -2.37. The van der Waals surface area contributed by atoms with Crippen LogP contribution < -0.4 is 0 Å². The van der Waals surface area contributed by atoms with Gasteiger partial charge in [-0.25, -0.2) is 0 Å². The molecule has 1 N–H and O–H groups in total. The van der Waals surface area contributed by atoms with Crippen molar-refractivity contribution < 1.29 is 19.4 Å². The van der Waals surface area contributed by atoms with Gasteiger partial charge in [-0.1, -0.05) is 47.1 Å². The van der Waals surface area contributed by atoms with Gasteiger partial charge in [-0.2, -0.15) is 0 Å². The molecule has 0 aromatic rings. The van der Waals surface area contributed by atoms with Crippen LogP contribution in [0, 0.1) is 29.6 Å². The maximum atomic E-state index is 12.5. The van der Waals surface area contributed by atoms with Crippen molar-refractivity contribution in [2.24, 2.45) is 29.6 Å². The Balaban J connectivity index is 2.60. The van der Waals surface area contributed by atoms with Crippen molar-refractivity contribution in [2.75, 3.05) is 0 Å². The van der Waals surface area contributed by atoms with E-state index in [2.05, 4.69) is 13.8 Å². The van der Waals surface area contributed by atoms with Gasteiger partial charge >= 0.3 is 5.97 Å². The molecule has 1 aliphatic rings. The van der Waals surface area contributed by atoms with Crippen LogP contribution in [0.4, 0.5) is 0 Å². The van der Waals surface area contributed by atoms with E-state index in [9.17, 15) is 14.7 Å². The number of carbonyl (C=O) groups is 2. The fraction of sp³-hybridized carbons (Fsp3) is 0.800. The second-order valence-electron chi connectivity index (χ2n) is 7.76. The summed E-state index contributed by atoms with van der Waals surface area (Å²) in [6.45, 7) is 13.7. The average Bonchev–Trinajstić information content (AvgIpc) is 2.55. The molecule has 0 aromatic heterocycles. The predicted molar refractivity (Wildman–Crippen MR) is 95.4 cm³/mol. The van der Waals surface area contributed by atoms with E-state index in [-0.39, 0.29) is 47.4 Å². The van der Waals surface area contributed by atoms with Gasteiger partial charge in [0, 0.05) is 5.92 Å². The highest BCUT2D eigenvalue weighted by Crippen LogP contribution is 2.32. The predicted octanol–water partition coefficient (Wildman–Crippen LogP) is 3.77. The van der Waals surface area contributed by atoms with Crippen LogP contribution in [0.25, 0.3) is 0 Å². The number of hydrogen-bond donors (Lipinski definition) is 1. The standard InChI is InChI=1S/C20H34O4/c1-8-12(3)17(21)15(6)18(22)13(4)9-11(2)10-14(5)19-16(7)20(23)24-19/h9,11-12,14-17,19,21H,8,10H2,1-7H3. The number of hydrogen-bond acceptors (Lipinski definition) is 4. The highest BCUT2D eigenvalue weighted by Gasteiger charge is 2.42. The van der Waals surface area contributed by atoms with Crippen LogP contribution in [0.15, 0.2) is 11.6 Å². The van der Waals surface area contributed by atoms with E-state index in [0.29, 0.717) is 5.57 Å². The van der Waals surface area contributed by atoms with Gasteiger partial charge in [-0.3, -0.25) is 9.59 Å². The fourth-order valence-corrected chi connectivity index (χ4v) is 3.56. The number of allylic oxidation sites excluding steroid dienone is 2. The van der Waals surface area contributed by atoms with E-state index < -0.39 is 6.10 Å². The Kier molecular flexibility index (Phi) is 7.65. The first-order valence-electron chi connectivity index (χ1n) is 9.21. The normalized spacial score (nSPS) is 27.5. The molecule has 0 spiro atoms. The van der Waals surface area contributed by atoms with Gasteiger partial charge in [-0.15, -0.1) is 0 Å². The Bertz CT molecular complexity index is 482. The van der Waals surface area contributed by atoms with Crippen molar-refractivity contribution in [3.8, 4) is 0 Å². The van der Waals surface area contributed by atoms with E-state index in [1.54, 1.807) is 6.92 Å². The van der Waals surface area contributed by atoms with E-state index in [1.807, 2.05) is 33.8 Å². The van der Waals surface area contributed by atoms with Crippen molar-refractivity contribution in [2.45, 2.75) is 73.5 Å². The third-order valence-electron chi connectivity index (χ3n) is 5.50. The average molecular weight is 338 g/mol. The van der Waals surface area contributed by atoms with E-state index in [4.69, 9.17) is 4.74 Å². The number of aliphatic hydroxyl groups is 1. The molecular weight excluding hydrogens is 304 g/mol. The third-order valence-corrected chi connectivity index (χ3v) is 5.50. The summed E-state index contributed by atoms with van der Waals surface area (Å²) in [7, 11) is 0. The number of esters is 1. The largest absolute Gasteiger partial charge is 0.461 e.